The molecule has 3 heterocycles. The van der Waals surface area contributed by atoms with E-state index in [1.54, 1.807) is 6.20 Å². The average Bonchev–Trinajstić information content (AvgIpc) is 2.72. The van der Waals surface area contributed by atoms with Gasteiger partial charge in [0.05, 0.1) is 11.1 Å². The molecular formula is C23H28N4O. The molecule has 0 radical (unpaired) electrons. The van der Waals surface area contributed by atoms with Gasteiger partial charge in [0.15, 0.2) is 0 Å². The first kappa shape index (κ1) is 18.9. The summed E-state index contributed by atoms with van der Waals surface area (Å²) in [5, 5.41) is 10.4. The van der Waals surface area contributed by atoms with Crippen LogP contribution < -0.4 is 0 Å². The molecular weight excluding hydrogens is 348 g/mol. The molecule has 3 unspecified atom stereocenters. The monoisotopic (exact) mass is 376 g/mol. The van der Waals surface area contributed by atoms with Crippen molar-refractivity contribution in [3.63, 3.8) is 0 Å². The SMILES string of the molecule is CC1CN(C)CCC1C(=O)N1CCCC(c2ccc(C#N)c3ncccc23)C1. The Kier molecular flexibility index (Phi) is 5.32. The molecule has 5 heteroatoms. The standard InChI is InChI=1S/C23H28N4O/c1-16-14-26(2)12-9-19(16)23(28)27-11-4-5-18(15-27)20-8-7-17(13-24)22-21(20)6-3-10-25-22/h3,6-8,10,16,18-19H,4-5,9,11-12,14-15H2,1-2H3. The van der Waals surface area contributed by atoms with Gasteiger partial charge in [-0.05, 0) is 56.5 Å². The van der Waals surface area contributed by atoms with Gasteiger partial charge in [-0.2, -0.15) is 5.26 Å². The number of amides is 1. The Hall–Kier alpha value is -2.45. The van der Waals surface area contributed by atoms with Crippen LogP contribution in [0.4, 0.5) is 0 Å². The maximum absolute atomic E-state index is 13.3. The van der Waals surface area contributed by atoms with Gasteiger partial charge in [0.25, 0.3) is 0 Å². The highest BCUT2D eigenvalue weighted by Crippen LogP contribution is 2.34. The van der Waals surface area contributed by atoms with E-state index in [9.17, 15) is 10.1 Å². The van der Waals surface area contributed by atoms with E-state index in [1.165, 1.54) is 5.56 Å². The number of aromatic nitrogens is 1. The van der Waals surface area contributed by atoms with E-state index in [0.29, 0.717) is 23.3 Å². The molecule has 2 fully saturated rings. The molecule has 3 atom stereocenters. The molecule has 0 spiro atoms. The predicted molar refractivity (Wildman–Crippen MR) is 110 cm³/mol. The van der Waals surface area contributed by atoms with E-state index in [1.807, 2.05) is 12.1 Å². The summed E-state index contributed by atoms with van der Waals surface area (Å²) >= 11 is 0. The van der Waals surface area contributed by atoms with Crippen molar-refractivity contribution in [2.24, 2.45) is 11.8 Å². The number of carbonyl (C=O) groups excluding carboxylic acids is 1. The Balaban J connectivity index is 1.57. The van der Waals surface area contributed by atoms with Crippen molar-refractivity contribution in [3.05, 3.63) is 41.6 Å². The second-order valence-electron chi connectivity index (χ2n) is 8.47. The lowest BCUT2D eigenvalue weighted by Gasteiger charge is -2.40. The third kappa shape index (κ3) is 3.49. The van der Waals surface area contributed by atoms with Gasteiger partial charge in [0.1, 0.15) is 6.07 Å². The van der Waals surface area contributed by atoms with Gasteiger partial charge in [0.2, 0.25) is 5.91 Å². The predicted octanol–water partition coefficient (Wildman–Crippen LogP) is 3.40. The molecule has 2 saturated heterocycles. The minimum absolute atomic E-state index is 0.148. The van der Waals surface area contributed by atoms with E-state index in [-0.39, 0.29) is 5.92 Å². The van der Waals surface area contributed by atoms with Crippen molar-refractivity contribution in [1.82, 2.24) is 14.8 Å². The van der Waals surface area contributed by atoms with Gasteiger partial charge in [0, 0.05) is 43.1 Å². The van der Waals surface area contributed by atoms with E-state index < -0.39 is 0 Å². The van der Waals surface area contributed by atoms with Crippen LogP contribution in [0.15, 0.2) is 30.5 Å². The molecule has 1 amide bonds. The first-order valence-corrected chi connectivity index (χ1v) is 10.3. The lowest BCUT2D eigenvalue weighted by atomic mass is 9.83. The van der Waals surface area contributed by atoms with Crippen LogP contribution in [0.5, 0.6) is 0 Å². The minimum atomic E-state index is 0.148. The number of piperidine rings is 2. The molecule has 4 rings (SSSR count). The Bertz CT molecular complexity index is 918. The van der Waals surface area contributed by atoms with E-state index in [2.05, 4.69) is 47.0 Å². The van der Waals surface area contributed by atoms with Crippen molar-refractivity contribution >= 4 is 16.8 Å². The molecule has 28 heavy (non-hydrogen) atoms. The molecule has 2 aliphatic rings. The van der Waals surface area contributed by atoms with Crippen LogP contribution in [0.1, 0.15) is 43.2 Å². The highest BCUT2D eigenvalue weighted by molar-refractivity contribution is 5.87. The summed E-state index contributed by atoms with van der Waals surface area (Å²) in [6.07, 6.45) is 4.80. The highest BCUT2D eigenvalue weighted by Gasteiger charge is 2.35. The summed E-state index contributed by atoms with van der Waals surface area (Å²) in [6, 6.07) is 10.2. The quantitative estimate of drug-likeness (QED) is 0.806. The van der Waals surface area contributed by atoms with Crippen molar-refractivity contribution in [1.29, 1.82) is 5.26 Å². The topological polar surface area (TPSA) is 60.2 Å². The number of carbonyl (C=O) groups is 1. The summed E-state index contributed by atoms with van der Waals surface area (Å²) in [5.74, 6) is 1.20. The van der Waals surface area contributed by atoms with Gasteiger partial charge in [-0.1, -0.05) is 19.1 Å². The first-order valence-electron chi connectivity index (χ1n) is 10.3. The number of nitrogens with zero attached hydrogens (tertiary/aromatic N) is 4. The number of rotatable bonds is 2. The lowest BCUT2D eigenvalue weighted by Crippen LogP contribution is -2.48. The summed E-state index contributed by atoms with van der Waals surface area (Å²) in [7, 11) is 2.14. The number of likely N-dealkylation sites (tertiary alicyclic amines) is 2. The summed E-state index contributed by atoms with van der Waals surface area (Å²) in [5.41, 5.74) is 2.61. The number of nitriles is 1. The van der Waals surface area contributed by atoms with Crippen molar-refractivity contribution in [3.8, 4) is 6.07 Å². The zero-order chi connectivity index (χ0) is 19.7. The Morgan fingerprint density at radius 2 is 2.07 bits per heavy atom. The maximum Gasteiger partial charge on any atom is 0.226 e. The smallest absolute Gasteiger partial charge is 0.226 e. The zero-order valence-corrected chi connectivity index (χ0v) is 16.8. The van der Waals surface area contributed by atoms with Crippen molar-refractivity contribution in [2.45, 2.75) is 32.1 Å². The summed E-state index contributed by atoms with van der Waals surface area (Å²) in [4.78, 5) is 22.1. The molecule has 0 bridgehead atoms. The van der Waals surface area contributed by atoms with Gasteiger partial charge >= 0.3 is 0 Å². The van der Waals surface area contributed by atoms with Gasteiger partial charge in [-0.3, -0.25) is 9.78 Å². The fraction of sp³-hybridized carbons (Fsp3) is 0.522. The molecule has 2 aromatic rings. The molecule has 2 aliphatic heterocycles. The molecule has 0 aliphatic carbocycles. The number of hydrogen-bond donors (Lipinski definition) is 0. The highest BCUT2D eigenvalue weighted by atomic mass is 16.2. The number of fused-ring (bicyclic) bond motifs is 1. The molecule has 5 nitrogen and oxygen atoms in total. The number of hydrogen-bond acceptors (Lipinski definition) is 4. The summed E-state index contributed by atoms with van der Waals surface area (Å²) < 4.78 is 0. The van der Waals surface area contributed by atoms with Crippen LogP contribution in [-0.4, -0.2) is 53.9 Å². The molecule has 1 aromatic heterocycles. The third-order valence-corrected chi connectivity index (χ3v) is 6.52. The number of pyridine rings is 1. The fourth-order valence-corrected chi connectivity index (χ4v) is 5.03. The average molecular weight is 377 g/mol. The van der Waals surface area contributed by atoms with Gasteiger partial charge in [-0.15, -0.1) is 0 Å². The maximum atomic E-state index is 13.3. The molecule has 146 valence electrons. The third-order valence-electron chi connectivity index (χ3n) is 6.52. The lowest BCUT2D eigenvalue weighted by molar-refractivity contribution is -0.140. The van der Waals surface area contributed by atoms with Crippen LogP contribution in [0, 0.1) is 23.2 Å². The van der Waals surface area contributed by atoms with Crippen LogP contribution in [0.25, 0.3) is 10.9 Å². The minimum Gasteiger partial charge on any atom is -0.342 e. The molecule has 1 aromatic carbocycles. The Labute approximate surface area is 167 Å². The van der Waals surface area contributed by atoms with Crippen molar-refractivity contribution < 1.29 is 4.79 Å². The van der Waals surface area contributed by atoms with Crippen LogP contribution in [0.3, 0.4) is 0 Å². The zero-order valence-electron chi connectivity index (χ0n) is 16.8. The normalized spacial score (nSPS) is 26.2. The Morgan fingerprint density at radius 3 is 2.86 bits per heavy atom. The first-order chi connectivity index (χ1) is 13.6. The number of benzene rings is 1. The second kappa shape index (κ2) is 7.89. The van der Waals surface area contributed by atoms with E-state index in [4.69, 9.17) is 0 Å². The van der Waals surface area contributed by atoms with Gasteiger partial charge in [-0.25, -0.2) is 0 Å². The second-order valence-corrected chi connectivity index (χ2v) is 8.47. The van der Waals surface area contributed by atoms with Crippen LogP contribution in [0.2, 0.25) is 0 Å². The van der Waals surface area contributed by atoms with Crippen molar-refractivity contribution in [2.75, 3.05) is 33.2 Å². The van der Waals surface area contributed by atoms with Crippen LogP contribution in [-0.2, 0) is 4.79 Å². The summed E-state index contributed by atoms with van der Waals surface area (Å²) in [6.45, 7) is 5.84. The molecule has 0 saturated carbocycles. The fourth-order valence-electron chi connectivity index (χ4n) is 5.03. The Morgan fingerprint density at radius 1 is 1.21 bits per heavy atom. The molecule has 0 N–H and O–H groups in total. The van der Waals surface area contributed by atoms with Gasteiger partial charge < -0.3 is 9.80 Å². The van der Waals surface area contributed by atoms with E-state index >= 15 is 0 Å². The largest absolute Gasteiger partial charge is 0.342 e. The van der Waals surface area contributed by atoms with Crippen LogP contribution >= 0.6 is 0 Å². The van der Waals surface area contributed by atoms with E-state index in [0.717, 1.165) is 56.3 Å².